The smallest absolute Gasteiger partial charge is 0.346 e. The molecule has 0 heterocycles. The van der Waals surface area contributed by atoms with Crippen LogP contribution in [0.25, 0.3) is 0 Å². The highest BCUT2D eigenvalue weighted by Crippen LogP contribution is 2.23. The summed E-state index contributed by atoms with van der Waals surface area (Å²) in [4.78, 5) is 20.4. The second-order valence-corrected chi connectivity index (χ2v) is 2.52. The first kappa shape index (κ1) is 11.9. The molecule has 1 N–H and O–H groups in total. The lowest BCUT2D eigenvalue weighted by Gasteiger charge is -2.14. The van der Waals surface area contributed by atoms with Crippen molar-refractivity contribution in [1.82, 2.24) is 0 Å². The molecule has 0 aromatic heterocycles. The van der Waals surface area contributed by atoms with Gasteiger partial charge in [-0.15, -0.1) is 0 Å². The van der Waals surface area contributed by atoms with Crippen LogP contribution in [0.4, 0.5) is 13.2 Å². The van der Waals surface area contributed by atoms with Gasteiger partial charge in [-0.05, 0) is 6.42 Å². The number of carboxylic acid groups (broad SMARTS) is 1. The van der Waals surface area contributed by atoms with Crippen molar-refractivity contribution < 1.29 is 27.9 Å². The Balaban J connectivity index is 4.48. The van der Waals surface area contributed by atoms with E-state index in [2.05, 4.69) is 0 Å². The Morgan fingerprint density at radius 1 is 1.46 bits per heavy atom. The molecule has 0 aromatic rings. The van der Waals surface area contributed by atoms with E-state index in [-0.39, 0.29) is 6.42 Å². The maximum absolute atomic E-state index is 12.6. The van der Waals surface area contributed by atoms with Crippen LogP contribution >= 0.6 is 0 Å². The third kappa shape index (κ3) is 3.04. The van der Waals surface area contributed by atoms with Gasteiger partial charge in [0.15, 0.2) is 0 Å². The minimum Gasteiger partial charge on any atom is -0.479 e. The second kappa shape index (κ2) is 4.25. The highest BCUT2D eigenvalue weighted by atomic mass is 19.3. The lowest BCUT2D eigenvalue weighted by atomic mass is 10.1. The van der Waals surface area contributed by atoms with E-state index in [9.17, 15) is 22.8 Å². The van der Waals surface area contributed by atoms with Crippen molar-refractivity contribution in [2.45, 2.75) is 31.9 Å². The predicted octanol–water partition coefficient (Wildman–Crippen LogP) is 1.41. The maximum Gasteiger partial charge on any atom is 0.346 e. The van der Waals surface area contributed by atoms with Crippen LogP contribution in [0.15, 0.2) is 0 Å². The minimum absolute atomic E-state index is 0.0227. The van der Waals surface area contributed by atoms with Crippen LogP contribution in [0, 0.1) is 0 Å². The minimum atomic E-state index is -3.88. The van der Waals surface area contributed by atoms with Crippen molar-refractivity contribution in [3.05, 3.63) is 0 Å². The molecule has 0 spiro atoms. The van der Waals surface area contributed by atoms with E-state index in [0.29, 0.717) is 0 Å². The molecular formula is C7H9F3O3. The van der Waals surface area contributed by atoms with E-state index < -0.39 is 30.3 Å². The number of Topliss-reactive ketones (excluding diaryl/α,β-unsaturated/α-hetero) is 1. The van der Waals surface area contributed by atoms with Gasteiger partial charge in [-0.3, -0.25) is 4.79 Å². The summed E-state index contributed by atoms with van der Waals surface area (Å²) in [6.45, 7) is 1.38. The molecule has 0 fully saturated rings. The fraction of sp³-hybridized carbons (Fsp3) is 0.714. The molecule has 0 amide bonds. The SMILES string of the molecule is CCCC(F)(F)C(=O)C(F)C(=O)O. The van der Waals surface area contributed by atoms with Gasteiger partial charge in [0.1, 0.15) is 0 Å². The number of carbonyl (C=O) groups excluding carboxylic acids is 1. The van der Waals surface area contributed by atoms with E-state index in [0.717, 1.165) is 0 Å². The van der Waals surface area contributed by atoms with Gasteiger partial charge in [0, 0.05) is 6.42 Å². The molecular weight excluding hydrogens is 189 g/mol. The summed E-state index contributed by atoms with van der Waals surface area (Å²) in [5.41, 5.74) is 0. The molecule has 0 aliphatic heterocycles. The number of carboxylic acids is 1. The highest BCUT2D eigenvalue weighted by molar-refractivity contribution is 6.04. The van der Waals surface area contributed by atoms with Crippen molar-refractivity contribution in [3.8, 4) is 0 Å². The van der Waals surface area contributed by atoms with Gasteiger partial charge in [0.2, 0.25) is 5.78 Å². The fourth-order valence-corrected chi connectivity index (χ4v) is 0.735. The van der Waals surface area contributed by atoms with Crippen LogP contribution < -0.4 is 0 Å². The van der Waals surface area contributed by atoms with Crippen LogP contribution in [0.2, 0.25) is 0 Å². The maximum atomic E-state index is 12.6. The average molecular weight is 198 g/mol. The monoisotopic (exact) mass is 198 g/mol. The first-order valence-corrected chi connectivity index (χ1v) is 3.62. The number of hydrogen-bond acceptors (Lipinski definition) is 2. The Kier molecular flexibility index (Phi) is 3.90. The predicted molar refractivity (Wildman–Crippen MR) is 37.4 cm³/mol. The molecule has 6 heteroatoms. The van der Waals surface area contributed by atoms with Gasteiger partial charge in [-0.2, -0.15) is 8.78 Å². The van der Waals surface area contributed by atoms with Gasteiger partial charge in [0.05, 0.1) is 0 Å². The molecule has 0 rings (SSSR count). The Labute approximate surface area is 72.5 Å². The Bertz CT molecular complexity index is 215. The number of carbonyl (C=O) groups is 2. The molecule has 0 aliphatic carbocycles. The van der Waals surface area contributed by atoms with E-state index in [1.807, 2.05) is 0 Å². The van der Waals surface area contributed by atoms with Gasteiger partial charge >= 0.3 is 11.9 Å². The molecule has 0 saturated carbocycles. The molecule has 0 radical (unpaired) electrons. The van der Waals surface area contributed by atoms with Crippen LogP contribution in [0.3, 0.4) is 0 Å². The molecule has 1 unspecified atom stereocenters. The summed E-state index contributed by atoms with van der Waals surface area (Å²) in [5.74, 6) is -8.24. The van der Waals surface area contributed by atoms with E-state index >= 15 is 0 Å². The summed E-state index contributed by atoms with van der Waals surface area (Å²) in [5, 5.41) is 7.95. The van der Waals surface area contributed by atoms with E-state index in [1.165, 1.54) is 6.92 Å². The lowest BCUT2D eigenvalue weighted by Crippen LogP contribution is -2.39. The number of halogens is 3. The first-order chi connectivity index (χ1) is 5.83. The summed E-state index contributed by atoms with van der Waals surface area (Å²) >= 11 is 0. The number of rotatable bonds is 5. The number of alkyl halides is 3. The zero-order valence-corrected chi connectivity index (χ0v) is 6.89. The Morgan fingerprint density at radius 2 is 1.92 bits per heavy atom. The average Bonchev–Trinajstić information content (AvgIpc) is 2.01. The first-order valence-electron chi connectivity index (χ1n) is 3.62. The molecule has 0 bridgehead atoms. The third-order valence-corrected chi connectivity index (χ3v) is 1.37. The number of aliphatic carboxylic acids is 1. The standard InChI is InChI=1S/C7H9F3O3/c1-2-3-7(9,10)5(11)4(8)6(12)13/h4H,2-3H2,1H3,(H,12,13). The molecule has 0 saturated heterocycles. The number of hydrogen-bond donors (Lipinski definition) is 1. The lowest BCUT2D eigenvalue weighted by molar-refractivity contribution is -0.159. The molecule has 13 heavy (non-hydrogen) atoms. The van der Waals surface area contributed by atoms with E-state index in [1.54, 1.807) is 0 Å². The van der Waals surface area contributed by atoms with Gasteiger partial charge in [0.25, 0.3) is 6.17 Å². The Morgan fingerprint density at radius 3 is 2.23 bits per heavy atom. The van der Waals surface area contributed by atoms with Gasteiger partial charge in [-0.1, -0.05) is 6.92 Å². The van der Waals surface area contributed by atoms with Crippen LogP contribution in [-0.4, -0.2) is 29.0 Å². The normalized spacial score (nSPS) is 13.8. The molecule has 0 aliphatic rings. The summed E-state index contributed by atoms with van der Waals surface area (Å²) in [6.07, 6.45) is -3.99. The van der Waals surface area contributed by atoms with Crippen LogP contribution in [0.1, 0.15) is 19.8 Å². The molecule has 3 nitrogen and oxygen atoms in total. The van der Waals surface area contributed by atoms with Crippen molar-refractivity contribution in [2.24, 2.45) is 0 Å². The van der Waals surface area contributed by atoms with Crippen molar-refractivity contribution in [3.63, 3.8) is 0 Å². The number of ketones is 1. The molecule has 76 valence electrons. The zero-order chi connectivity index (χ0) is 10.6. The Hall–Kier alpha value is -1.07. The fourth-order valence-electron chi connectivity index (χ4n) is 0.735. The van der Waals surface area contributed by atoms with E-state index in [4.69, 9.17) is 5.11 Å². The van der Waals surface area contributed by atoms with Gasteiger partial charge < -0.3 is 5.11 Å². The summed E-state index contributed by atoms with van der Waals surface area (Å²) in [7, 11) is 0. The summed E-state index contributed by atoms with van der Waals surface area (Å²) in [6, 6.07) is 0. The second-order valence-electron chi connectivity index (χ2n) is 2.52. The van der Waals surface area contributed by atoms with Crippen molar-refractivity contribution in [1.29, 1.82) is 0 Å². The van der Waals surface area contributed by atoms with Crippen molar-refractivity contribution in [2.75, 3.05) is 0 Å². The van der Waals surface area contributed by atoms with Crippen molar-refractivity contribution >= 4 is 11.8 Å². The largest absolute Gasteiger partial charge is 0.479 e. The van der Waals surface area contributed by atoms with Gasteiger partial charge in [-0.25, -0.2) is 9.18 Å². The molecule has 0 aromatic carbocycles. The highest BCUT2D eigenvalue weighted by Gasteiger charge is 2.45. The van der Waals surface area contributed by atoms with Crippen LogP contribution in [0.5, 0.6) is 0 Å². The topological polar surface area (TPSA) is 54.4 Å². The summed E-state index contributed by atoms with van der Waals surface area (Å²) < 4.78 is 37.5. The zero-order valence-electron chi connectivity index (χ0n) is 6.89. The third-order valence-electron chi connectivity index (χ3n) is 1.37. The van der Waals surface area contributed by atoms with Crippen LogP contribution in [-0.2, 0) is 9.59 Å². The quantitative estimate of drug-likeness (QED) is 0.679. The molecule has 1 atom stereocenters.